The van der Waals surface area contributed by atoms with Gasteiger partial charge in [0.25, 0.3) is 0 Å². The molecule has 1 saturated heterocycles. The highest BCUT2D eigenvalue weighted by Gasteiger charge is 2.26. The molecule has 6 heterocycles. The van der Waals surface area contributed by atoms with E-state index in [1.54, 1.807) is 18.6 Å². The first-order valence-corrected chi connectivity index (χ1v) is 12.4. The molecule has 184 valence electrons. The average molecular weight is 485 g/mol. The fourth-order valence-electron chi connectivity index (χ4n) is 4.97. The molecule has 8 nitrogen and oxygen atoms in total. The summed E-state index contributed by atoms with van der Waals surface area (Å²) < 4.78 is 16.4. The van der Waals surface area contributed by atoms with Gasteiger partial charge in [-0.05, 0) is 50.8 Å². The number of anilines is 2. The van der Waals surface area contributed by atoms with E-state index < -0.39 is 0 Å². The number of fused-ring (bicyclic) bond motifs is 2. The van der Waals surface area contributed by atoms with Gasteiger partial charge in [-0.2, -0.15) is 0 Å². The van der Waals surface area contributed by atoms with E-state index in [4.69, 9.17) is 4.98 Å². The number of aromatic amines is 1. The van der Waals surface area contributed by atoms with Gasteiger partial charge in [0.1, 0.15) is 23.0 Å². The number of hydrogen-bond donors (Lipinski definition) is 4. The normalized spacial score (nSPS) is 17.9. The number of rotatable bonds is 3. The molecule has 0 radical (unpaired) electrons. The first-order chi connectivity index (χ1) is 17.6. The molecule has 0 aromatic carbocycles. The number of piperidine rings is 1. The Morgan fingerprint density at radius 3 is 2.72 bits per heavy atom. The molecule has 0 bridgehead atoms. The smallest absolute Gasteiger partial charge is 0.156 e. The number of pyridine rings is 2. The Morgan fingerprint density at radius 2 is 1.86 bits per heavy atom. The average Bonchev–Trinajstić information content (AvgIpc) is 3.11. The van der Waals surface area contributed by atoms with Gasteiger partial charge < -0.3 is 25.8 Å². The SMILES string of the molecule is CC1=CC=C(C)C(c2cnc3c(c2F)C(c2nc4c(N5CCCCC5)nccc4[nH]2)=CNCN3)=CN1. The molecule has 3 aliphatic heterocycles. The number of halogens is 1. The van der Waals surface area contributed by atoms with Crippen LogP contribution in [0.15, 0.2) is 54.3 Å². The van der Waals surface area contributed by atoms with Crippen molar-refractivity contribution in [2.24, 2.45) is 0 Å². The van der Waals surface area contributed by atoms with E-state index in [2.05, 4.69) is 35.8 Å². The molecule has 4 N–H and O–H groups in total. The van der Waals surface area contributed by atoms with Crippen molar-refractivity contribution in [2.75, 3.05) is 30.0 Å². The van der Waals surface area contributed by atoms with E-state index in [1.165, 1.54) is 6.42 Å². The van der Waals surface area contributed by atoms with Gasteiger partial charge in [-0.1, -0.05) is 6.08 Å². The fourth-order valence-corrected chi connectivity index (χ4v) is 4.97. The Hall–Kier alpha value is -4.14. The van der Waals surface area contributed by atoms with Gasteiger partial charge in [-0.25, -0.2) is 19.3 Å². The molecule has 0 aliphatic carbocycles. The summed E-state index contributed by atoms with van der Waals surface area (Å²) in [5.74, 6) is 1.57. The van der Waals surface area contributed by atoms with Gasteiger partial charge in [0, 0.05) is 60.3 Å². The van der Waals surface area contributed by atoms with Crippen LogP contribution in [0.1, 0.15) is 50.1 Å². The highest BCUT2D eigenvalue weighted by molar-refractivity contribution is 5.92. The van der Waals surface area contributed by atoms with Crippen LogP contribution >= 0.6 is 0 Å². The van der Waals surface area contributed by atoms with Crippen molar-refractivity contribution in [3.8, 4) is 0 Å². The number of nitrogens with zero attached hydrogens (tertiary/aromatic N) is 4. The second kappa shape index (κ2) is 9.14. The fraction of sp³-hybridized carbons (Fsp3) is 0.296. The first kappa shape index (κ1) is 22.3. The van der Waals surface area contributed by atoms with Crippen LogP contribution in [0.25, 0.3) is 22.2 Å². The topological polar surface area (TPSA) is 93.8 Å². The zero-order valence-corrected chi connectivity index (χ0v) is 20.5. The predicted octanol–water partition coefficient (Wildman–Crippen LogP) is 4.64. The molecule has 0 amide bonds. The van der Waals surface area contributed by atoms with Crippen molar-refractivity contribution in [3.05, 3.63) is 77.1 Å². The van der Waals surface area contributed by atoms with Crippen molar-refractivity contribution >= 4 is 33.8 Å². The molecule has 6 rings (SSSR count). The Balaban J connectivity index is 1.47. The van der Waals surface area contributed by atoms with Crippen LogP contribution in [0.5, 0.6) is 0 Å². The van der Waals surface area contributed by atoms with Crippen LogP contribution < -0.4 is 20.9 Å². The van der Waals surface area contributed by atoms with Crippen LogP contribution in [0.3, 0.4) is 0 Å². The Labute approximate surface area is 209 Å². The minimum atomic E-state index is -0.349. The summed E-state index contributed by atoms with van der Waals surface area (Å²) in [6.07, 6.45) is 14.5. The monoisotopic (exact) mass is 484 g/mol. The number of imidazole rings is 1. The third-order valence-corrected chi connectivity index (χ3v) is 6.92. The van der Waals surface area contributed by atoms with E-state index in [1.807, 2.05) is 38.3 Å². The van der Waals surface area contributed by atoms with Crippen LogP contribution in [-0.4, -0.2) is 39.7 Å². The Morgan fingerprint density at radius 1 is 1.00 bits per heavy atom. The van der Waals surface area contributed by atoms with Crippen molar-refractivity contribution in [1.29, 1.82) is 0 Å². The molecular weight excluding hydrogens is 455 g/mol. The highest BCUT2D eigenvalue weighted by atomic mass is 19.1. The standard InChI is InChI=1S/C27H29FN8/c1-16-6-7-17(2)31-13-18(16)19-14-32-26-22(23(19)28)20(12-29-15-33-26)25-34-21-8-9-30-27(24(21)35-25)36-10-4-3-5-11-36/h6-9,12-14,29,31H,3-5,10-11,15H2,1-2H3,(H,32,33)(H,34,35). The Kier molecular flexibility index (Phi) is 5.67. The first-order valence-electron chi connectivity index (χ1n) is 12.4. The maximum atomic E-state index is 16.4. The van der Waals surface area contributed by atoms with Crippen molar-refractivity contribution in [2.45, 2.75) is 33.1 Å². The summed E-state index contributed by atoms with van der Waals surface area (Å²) in [4.78, 5) is 19.9. The molecule has 9 heteroatoms. The van der Waals surface area contributed by atoms with Crippen molar-refractivity contribution in [1.82, 2.24) is 30.6 Å². The second-order valence-electron chi connectivity index (χ2n) is 9.39. The molecule has 3 aromatic heterocycles. The number of aromatic nitrogens is 4. The van der Waals surface area contributed by atoms with Gasteiger partial charge in [-0.15, -0.1) is 0 Å². The molecule has 36 heavy (non-hydrogen) atoms. The van der Waals surface area contributed by atoms with E-state index >= 15 is 4.39 Å². The summed E-state index contributed by atoms with van der Waals surface area (Å²) in [5.41, 5.74) is 5.79. The van der Waals surface area contributed by atoms with Gasteiger partial charge in [0.05, 0.1) is 17.7 Å². The van der Waals surface area contributed by atoms with Crippen LogP contribution in [0.2, 0.25) is 0 Å². The molecule has 0 atom stereocenters. The highest BCUT2D eigenvalue weighted by Crippen LogP contribution is 2.37. The lowest BCUT2D eigenvalue weighted by Gasteiger charge is -2.27. The molecule has 0 unspecified atom stereocenters. The number of hydrogen-bond acceptors (Lipinski definition) is 7. The second-order valence-corrected chi connectivity index (χ2v) is 9.39. The molecular formula is C27H29FN8. The third-order valence-electron chi connectivity index (χ3n) is 6.92. The van der Waals surface area contributed by atoms with Crippen LogP contribution in [0.4, 0.5) is 16.0 Å². The predicted molar refractivity (Wildman–Crippen MR) is 141 cm³/mol. The summed E-state index contributed by atoms with van der Waals surface area (Å²) >= 11 is 0. The minimum Gasteiger partial charge on any atom is -0.373 e. The van der Waals surface area contributed by atoms with E-state index in [0.29, 0.717) is 35.0 Å². The molecule has 3 aromatic rings. The molecule has 1 fully saturated rings. The lowest BCUT2D eigenvalue weighted by atomic mass is 9.96. The lowest BCUT2D eigenvalue weighted by Crippen LogP contribution is -2.30. The van der Waals surface area contributed by atoms with Crippen LogP contribution in [-0.2, 0) is 0 Å². The van der Waals surface area contributed by atoms with E-state index in [0.717, 1.165) is 59.6 Å². The van der Waals surface area contributed by atoms with Gasteiger partial charge in [0.2, 0.25) is 0 Å². The third kappa shape index (κ3) is 3.90. The number of nitrogens with one attached hydrogen (secondary N) is 4. The van der Waals surface area contributed by atoms with E-state index in [-0.39, 0.29) is 5.82 Å². The zero-order chi connectivity index (χ0) is 24.6. The van der Waals surface area contributed by atoms with Crippen molar-refractivity contribution in [3.63, 3.8) is 0 Å². The van der Waals surface area contributed by atoms with Crippen LogP contribution in [0, 0.1) is 5.82 Å². The quantitative estimate of drug-likeness (QED) is 0.430. The van der Waals surface area contributed by atoms with Gasteiger partial charge in [-0.3, -0.25) is 0 Å². The van der Waals surface area contributed by atoms with Gasteiger partial charge >= 0.3 is 0 Å². The summed E-state index contributed by atoms with van der Waals surface area (Å²) in [5, 5.41) is 9.61. The van der Waals surface area contributed by atoms with Gasteiger partial charge in [0.15, 0.2) is 5.82 Å². The molecule has 0 spiro atoms. The number of allylic oxidation sites excluding steroid dienone is 5. The zero-order valence-electron chi connectivity index (χ0n) is 20.5. The minimum absolute atomic E-state index is 0.349. The largest absolute Gasteiger partial charge is 0.373 e. The number of H-pyrrole nitrogens is 1. The van der Waals surface area contributed by atoms with E-state index in [9.17, 15) is 0 Å². The summed E-state index contributed by atoms with van der Waals surface area (Å²) in [7, 11) is 0. The molecule has 0 saturated carbocycles. The maximum Gasteiger partial charge on any atom is 0.156 e. The lowest BCUT2D eigenvalue weighted by molar-refractivity contribution is 0.574. The van der Waals surface area contributed by atoms with Crippen molar-refractivity contribution < 1.29 is 4.39 Å². The maximum absolute atomic E-state index is 16.4. The Bertz CT molecular complexity index is 1460. The summed E-state index contributed by atoms with van der Waals surface area (Å²) in [6, 6.07) is 1.92. The molecule has 3 aliphatic rings. The summed E-state index contributed by atoms with van der Waals surface area (Å²) in [6.45, 7) is 6.31.